The molecule has 2 heterocycles. The zero-order chi connectivity index (χ0) is 19.0. The van der Waals surface area contributed by atoms with Gasteiger partial charge >= 0.3 is 5.69 Å². The van der Waals surface area contributed by atoms with Gasteiger partial charge in [0, 0.05) is 12.6 Å². The molecule has 0 fully saturated rings. The van der Waals surface area contributed by atoms with Crippen LogP contribution in [0.1, 0.15) is 16.7 Å². The highest BCUT2D eigenvalue weighted by Crippen LogP contribution is 2.18. The number of aromatic amines is 1. The molecule has 5 nitrogen and oxygen atoms in total. The number of benzene rings is 1. The second-order valence-corrected chi connectivity index (χ2v) is 6.01. The average molecular weight is 382 g/mol. The van der Waals surface area contributed by atoms with E-state index in [0.717, 1.165) is 16.7 Å². The van der Waals surface area contributed by atoms with Gasteiger partial charge in [0.05, 0.1) is 17.4 Å². The predicted molar refractivity (Wildman–Crippen MR) is 89.3 cm³/mol. The van der Waals surface area contributed by atoms with E-state index in [1.165, 1.54) is 6.20 Å². The van der Waals surface area contributed by atoms with Crippen LogP contribution in [0.15, 0.2) is 40.2 Å². The molecular formula is C17H11ClF3N3O2. The fraction of sp³-hybridized carbons (Fsp3) is 0.118. The number of halogens is 4. The van der Waals surface area contributed by atoms with Crippen molar-refractivity contribution in [2.75, 3.05) is 0 Å². The van der Waals surface area contributed by atoms with Gasteiger partial charge in [0.1, 0.15) is 5.15 Å². The molecule has 0 saturated carbocycles. The Morgan fingerprint density at radius 3 is 2.38 bits per heavy atom. The highest BCUT2D eigenvalue weighted by molar-refractivity contribution is 6.30. The summed E-state index contributed by atoms with van der Waals surface area (Å²) in [4.78, 5) is 31.1. The van der Waals surface area contributed by atoms with Crippen LogP contribution in [0, 0.1) is 24.4 Å². The lowest BCUT2D eigenvalue weighted by Gasteiger charge is -2.10. The number of rotatable bonds is 3. The number of nitrogens with zero attached hydrogens (tertiary/aromatic N) is 2. The topological polar surface area (TPSA) is 67.8 Å². The van der Waals surface area contributed by atoms with Gasteiger partial charge in [-0.1, -0.05) is 11.6 Å². The summed E-state index contributed by atoms with van der Waals surface area (Å²) in [5.41, 5.74) is -0.734. The standard InChI is InChI=1S/C17H11ClF3N3O2/c1-8-2-10(7-22-6-8)24-16(25)11(15(18)23-17(24)26)3-9-4-12(19)14(21)13(20)5-9/h2,4-7H,3H2,1H3,(H,23,26). The highest BCUT2D eigenvalue weighted by Gasteiger charge is 2.17. The Morgan fingerprint density at radius 2 is 1.77 bits per heavy atom. The van der Waals surface area contributed by atoms with E-state index < -0.39 is 28.7 Å². The number of aryl methyl sites for hydroxylation is 1. The highest BCUT2D eigenvalue weighted by atomic mass is 35.5. The zero-order valence-electron chi connectivity index (χ0n) is 13.3. The van der Waals surface area contributed by atoms with Gasteiger partial charge in [-0.3, -0.25) is 14.8 Å². The Kier molecular flexibility index (Phi) is 4.69. The van der Waals surface area contributed by atoms with Gasteiger partial charge < -0.3 is 0 Å². The minimum absolute atomic E-state index is 0.0126. The fourth-order valence-electron chi connectivity index (χ4n) is 2.51. The number of H-pyrrole nitrogens is 1. The molecule has 1 N–H and O–H groups in total. The molecule has 0 saturated heterocycles. The van der Waals surface area contributed by atoms with Gasteiger partial charge in [-0.05, 0) is 36.2 Å². The molecule has 0 unspecified atom stereocenters. The molecule has 3 aromatic rings. The Labute approximate surface area is 149 Å². The summed E-state index contributed by atoms with van der Waals surface area (Å²) in [5.74, 6) is -4.38. The minimum atomic E-state index is -1.61. The lowest BCUT2D eigenvalue weighted by atomic mass is 10.1. The predicted octanol–water partition coefficient (Wildman–Crippen LogP) is 2.89. The van der Waals surface area contributed by atoms with Gasteiger partial charge in [0.25, 0.3) is 5.56 Å². The van der Waals surface area contributed by atoms with Crippen molar-refractivity contribution in [1.82, 2.24) is 14.5 Å². The largest absolute Gasteiger partial charge is 0.334 e. The van der Waals surface area contributed by atoms with Crippen LogP contribution in [0.4, 0.5) is 13.2 Å². The molecule has 0 radical (unpaired) electrons. The van der Waals surface area contributed by atoms with Gasteiger partial charge in [0.15, 0.2) is 17.5 Å². The minimum Gasteiger partial charge on any atom is -0.297 e. The maximum absolute atomic E-state index is 13.4. The zero-order valence-corrected chi connectivity index (χ0v) is 14.1. The third kappa shape index (κ3) is 3.28. The molecule has 0 bridgehead atoms. The third-order valence-electron chi connectivity index (χ3n) is 3.69. The van der Waals surface area contributed by atoms with Crippen LogP contribution < -0.4 is 11.2 Å². The Balaban J connectivity index is 2.16. The number of hydrogen-bond donors (Lipinski definition) is 1. The number of aromatic nitrogens is 3. The van der Waals surface area contributed by atoms with Crippen LogP contribution >= 0.6 is 11.6 Å². The van der Waals surface area contributed by atoms with Gasteiger partial charge in [-0.15, -0.1) is 0 Å². The van der Waals surface area contributed by atoms with Crippen LogP contribution in [0.25, 0.3) is 5.69 Å². The molecule has 134 valence electrons. The SMILES string of the molecule is Cc1cncc(-n2c(=O)[nH]c(Cl)c(Cc3cc(F)c(F)c(F)c3)c2=O)c1. The van der Waals surface area contributed by atoms with Crippen LogP contribution in [0.5, 0.6) is 0 Å². The number of pyridine rings is 1. The third-order valence-corrected chi connectivity index (χ3v) is 4.01. The Hall–Kier alpha value is -2.87. The van der Waals surface area contributed by atoms with Crippen LogP contribution in [0.2, 0.25) is 5.15 Å². The summed E-state index contributed by atoms with van der Waals surface area (Å²) in [5, 5.41) is -0.262. The van der Waals surface area contributed by atoms with Crippen molar-refractivity contribution in [3.05, 3.63) is 90.7 Å². The van der Waals surface area contributed by atoms with Gasteiger partial charge in [0.2, 0.25) is 0 Å². The molecule has 9 heteroatoms. The molecule has 2 aromatic heterocycles. The summed E-state index contributed by atoms with van der Waals surface area (Å²) < 4.78 is 40.7. The molecule has 1 aromatic carbocycles. The first-order valence-electron chi connectivity index (χ1n) is 7.37. The second-order valence-electron chi connectivity index (χ2n) is 5.63. The molecule has 26 heavy (non-hydrogen) atoms. The molecule has 0 aliphatic carbocycles. The van der Waals surface area contributed by atoms with Crippen molar-refractivity contribution in [3.8, 4) is 5.69 Å². The quantitative estimate of drug-likeness (QED) is 0.560. The molecule has 0 amide bonds. The van der Waals surface area contributed by atoms with E-state index in [4.69, 9.17) is 11.6 Å². The molecule has 0 aliphatic heterocycles. The van der Waals surface area contributed by atoms with Crippen molar-refractivity contribution in [1.29, 1.82) is 0 Å². The summed E-state index contributed by atoms with van der Waals surface area (Å²) in [6.45, 7) is 1.73. The van der Waals surface area contributed by atoms with E-state index in [9.17, 15) is 22.8 Å². The second kappa shape index (κ2) is 6.80. The van der Waals surface area contributed by atoms with Crippen LogP contribution in [0.3, 0.4) is 0 Å². The molecule has 0 atom stereocenters. The maximum Gasteiger partial charge on any atom is 0.334 e. The first kappa shape index (κ1) is 17.9. The first-order valence-corrected chi connectivity index (χ1v) is 7.75. The Morgan fingerprint density at radius 1 is 1.12 bits per heavy atom. The average Bonchev–Trinajstić information content (AvgIpc) is 2.56. The van der Waals surface area contributed by atoms with E-state index in [0.29, 0.717) is 5.56 Å². The van der Waals surface area contributed by atoms with E-state index >= 15 is 0 Å². The number of nitrogens with one attached hydrogen (secondary N) is 1. The lowest BCUT2D eigenvalue weighted by Crippen LogP contribution is -2.36. The molecule has 0 spiro atoms. The summed E-state index contributed by atoms with van der Waals surface area (Å²) in [6.07, 6.45) is 2.56. The summed E-state index contributed by atoms with van der Waals surface area (Å²) in [6, 6.07) is 3.09. The van der Waals surface area contributed by atoms with Crippen molar-refractivity contribution in [3.63, 3.8) is 0 Å². The van der Waals surface area contributed by atoms with Crippen molar-refractivity contribution in [2.24, 2.45) is 0 Å². The first-order chi connectivity index (χ1) is 12.3. The van der Waals surface area contributed by atoms with E-state index in [2.05, 4.69) is 9.97 Å². The van der Waals surface area contributed by atoms with Crippen molar-refractivity contribution in [2.45, 2.75) is 13.3 Å². The van der Waals surface area contributed by atoms with E-state index in [-0.39, 0.29) is 28.4 Å². The smallest absolute Gasteiger partial charge is 0.297 e. The van der Waals surface area contributed by atoms with Gasteiger partial charge in [-0.2, -0.15) is 0 Å². The van der Waals surface area contributed by atoms with E-state index in [1.807, 2.05) is 0 Å². The van der Waals surface area contributed by atoms with Crippen molar-refractivity contribution < 1.29 is 13.2 Å². The maximum atomic E-state index is 13.4. The monoisotopic (exact) mass is 381 g/mol. The van der Waals surface area contributed by atoms with Crippen LogP contribution in [-0.2, 0) is 6.42 Å². The molecule has 3 rings (SSSR count). The normalized spacial score (nSPS) is 11.0. The summed E-state index contributed by atoms with van der Waals surface area (Å²) in [7, 11) is 0. The van der Waals surface area contributed by atoms with Crippen molar-refractivity contribution >= 4 is 11.6 Å². The summed E-state index contributed by atoms with van der Waals surface area (Å²) >= 11 is 5.94. The lowest BCUT2D eigenvalue weighted by molar-refractivity contribution is 0.445. The number of hydrogen-bond acceptors (Lipinski definition) is 3. The van der Waals surface area contributed by atoms with Gasteiger partial charge in [-0.25, -0.2) is 22.5 Å². The molecular weight excluding hydrogens is 371 g/mol. The fourth-order valence-corrected chi connectivity index (χ4v) is 2.74. The van der Waals surface area contributed by atoms with E-state index in [1.54, 1.807) is 19.2 Å². The molecule has 0 aliphatic rings. The Bertz CT molecular complexity index is 1100. The van der Waals surface area contributed by atoms with Crippen LogP contribution in [-0.4, -0.2) is 14.5 Å².